The van der Waals surface area contributed by atoms with E-state index in [-0.39, 0.29) is 23.5 Å². The summed E-state index contributed by atoms with van der Waals surface area (Å²) in [5.74, 6) is -0.0455. The van der Waals surface area contributed by atoms with Crippen molar-refractivity contribution in [1.29, 1.82) is 0 Å². The lowest BCUT2D eigenvalue weighted by Crippen LogP contribution is -2.38. The molecule has 4 N–H and O–H groups in total. The van der Waals surface area contributed by atoms with Crippen molar-refractivity contribution in [2.45, 2.75) is 0 Å². The zero-order valence-corrected chi connectivity index (χ0v) is 16.5. The van der Waals surface area contributed by atoms with E-state index >= 15 is 0 Å². The molecule has 1 aliphatic heterocycles. The van der Waals surface area contributed by atoms with Gasteiger partial charge in [0, 0.05) is 16.5 Å². The van der Waals surface area contributed by atoms with E-state index in [4.69, 9.17) is 22.1 Å². The van der Waals surface area contributed by atoms with Gasteiger partial charge >= 0.3 is 0 Å². The molecular formula is C21H17ClN6O2. The van der Waals surface area contributed by atoms with Gasteiger partial charge in [-0.05, 0) is 12.1 Å². The molecule has 0 spiro atoms. The predicted octanol–water partition coefficient (Wildman–Crippen LogP) is 3.51. The van der Waals surface area contributed by atoms with Crippen molar-refractivity contribution >= 4 is 40.0 Å². The minimum atomic E-state index is -0.208. The molecule has 1 aliphatic rings. The summed E-state index contributed by atoms with van der Waals surface area (Å²) in [6.45, 7) is 0.780. The average Bonchev–Trinajstić information content (AvgIpc) is 3.18. The molecule has 1 amide bonds. The van der Waals surface area contributed by atoms with Crippen molar-refractivity contribution < 1.29 is 9.53 Å². The first-order valence-electron chi connectivity index (χ1n) is 9.34. The third kappa shape index (κ3) is 3.26. The summed E-state index contributed by atoms with van der Waals surface area (Å²) in [5, 5.41) is 11.1. The molecule has 1 saturated heterocycles. The van der Waals surface area contributed by atoms with Gasteiger partial charge in [-0.15, -0.1) is 0 Å². The summed E-state index contributed by atoms with van der Waals surface area (Å²) in [5.41, 5.74) is 9.63. The number of anilines is 2. The van der Waals surface area contributed by atoms with Gasteiger partial charge in [0.05, 0.1) is 47.3 Å². The van der Waals surface area contributed by atoms with Crippen molar-refractivity contribution in [3.63, 3.8) is 0 Å². The van der Waals surface area contributed by atoms with Crippen LogP contribution in [0.25, 0.3) is 33.4 Å². The second-order valence-corrected chi connectivity index (χ2v) is 7.44. The molecule has 0 aliphatic carbocycles. The topological polar surface area (TPSA) is 119 Å². The fourth-order valence-electron chi connectivity index (χ4n) is 3.30. The maximum atomic E-state index is 12.4. The van der Waals surface area contributed by atoms with Gasteiger partial charge in [-0.25, -0.2) is 9.97 Å². The lowest BCUT2D eigenvalue weighted by atomic mass is 10.0. The number of nitrogen functional groups attached to an aromatic ring is 1. The number of carbonyl (C=O) groups is 1. The highest BCUT2D eigenvalue weighted by Gasteiger charge is 2.28. The standard InChI is InChI=1S/C21H17ClN6O2/c22-15-7-12(6-13-8-24-28-16(13)15)18-17(11-4-2-1-3-5-11)25-19(23)20(26-18)27-21(29)14-9-30-10-14/h1-8,14H,9-10H2,(H2,23,25)(H,24,28)(H,26,27,29). The molecule has 150 valence electrons. The van der Waals surface area contributed by atoms with Crippen LogP contribution in [0.2, 0.25) is 5.02 Å². The van der Waals surface area contributed by atoms with Gasteiger partial charge < -0.3 is 15.8 Å². The number of H-pyrrole nitrogens is 1. The number of amides is 1. The maximum Gasteiger partial charge on any atom is 0.233 e. The van der Waals surface area contributed by atoms with E-state index in [1.165, 1.54) is 0 Å². The Morgan fingerprint density at radius 3 is 2.63 bits per heavy atom. The molecule has 1 fully saturated rings. The van der Waals surface area contributed by atoms with Crippen molar-refractivity contribution in [3.8, 4) is 22.5 Å². The number of aromatic nitrogens is 4. The SMILES string of the molecule is Nc1nc(-c2ccccc2)c(-c2cc(Cl)c3[nH]ncc3c2)nc1NC(=O)C1COC1. The Labute approximate surface area is 176 Å². The van der Waals surface area contributed by atoms with Crippen molar-refractivity contribution in [2.75, 3.05) is 24.3 Å². The molecule has 0 saturated carbocycles. The molecule has 30 heavy (non-hydrogen) atoms. The number of halogens is 1. The highest BCUT2D eigenvalue weighted by molar-refractivity contribution is 6.35. The van der Waals surface area contributed by atoms with Crippen LogP contribution in [0, 0.1) is 5.92 Å². The number of nitrogens with zero attached hydrogens (tertiary/aromatic N) is 3. The van der Waals surface area contributed by atoms with Crippen LogP contribution in [0.15, 0.2) is 48.7 Å². The Morgan fingerprint density at radius 1 is 1.13 bits per heavy atom. The van der Waals surface area contributed by atoms with E-state index in [2.05, 4.69) is 25.5 Å². The average molecular weight is 421 g/mol. The number of rotatable bonds is 4. The van der Waals surface area contributed by atoms with Gasteiger partial charge in [0.15, 0.2) is 11.6 Å². The molecule has 0 unspecified atom stereocenters. The zero-order chi connectivity index (χ0) is 20.7. The summed E-state index contributed by atoms with van der Waals surface area (Å²) in [4.78, 5) is 21.7. The normalized spacial score (nSPS) is 13.9. The summed E-state index contributed by atoms with van der Waals surface area (Å²) in [6.07, 6.45) is 1.69. The first kappa shape index (κ1) is 18.5. The van der Waals surface area contributed by atoms with Crippen LogP contribution in [-0.4, -0.2) is 39.3 Å². The van der Waals surface area contributed by atoms with Crippen molar-refractivity contribution in [1.82, 2.24) is 20.2 Å². The lowest BCUT2D eigenvalue weighted by molar-refractivity contribution is -0.133. The zero-order valence-electron chi connectivity index (χ0n) is 15.7. The molecule has 0 bridgehead atoms. The summed E-state index contributed by atoms with van der Waals surface area (Å²) in [7, 11) is 0. The van der Waals surface area contributed by atoms with Gasteiger partial charge in [0.25, 0.3) is 0 Å². The van der Waals surface area contributed by atoms with E-state index in [1.807, 2.05) is 36.4 Å². The Morgan fingerprint density at radius 2 is 1.90 bits per heavy atom. The Balaban J connectivity index is 1.67. The highest BCUT2D eigenvalue weighted by atomic mass is 35.5. The third-order valence-corrected chi connectivity index (χ3v) is 5.29. The van der Waals surface area contributed by atoms with Crippen LogP contribution < -0.4 is 11.1 Å². The van der Waals surface area contributed by atoms with Crippen LogP contribution in [0.4, 0.5) is 11.6 Å². The number of carbonyl (C=O) groups excluding carboxylic acids is 1. The second kappa shape index (κ2) is 7.40. The van der Waals surface area contributed by atoms with Gasteiger partial charge in [0.1, 0.15) is 0 Å². The van der Waals surface area contributed by atoms with Crippen LogP contribution in [-0.2, 0) is 9.53 Å². The minimum Gasteiger partial charge on any atom is -0.381 e. The number of hydrogen-bond donors (Lipinski definition) is 3. The highest BCUT2D eigenvalue weighted by Crippen LogP contribution is 2.36. The summed E-state index contributed by atoms with van der Waals surface area (Å²) in [6, 6.07) is 13.3. The molecule has 2 aromatic carbocycles. The predicted molar refractivity (Wildman–Crippen MR) is 115 cm³/mol. The number of nitrogens with two attached hydrogens (primary N) is 1. The maximum absolute atomic E-state index is 12.4. The molecule has 5 rings (SSSR count). The van der Waals surface area contributed by atoms with Gasteiger partial charge in [0.2, 0.25) is 5.91 Å². The first-order valence-corrected chi connectivity index (χ1v) is 9.72. The Kier molecular flexibility index (Phi) is 4.57. The van der Waals surface area contributed by atoms with E-state index in [1.54, 1.807) is 12.3 Å². The minimum absolute atomic E-state index is 0.140. The monoisotopic (exact) mass is 420 g/mol. The fraction of sp³-hybridized carbons (Fsp3) is 0.143. The van der Waals surface area contributed by atoms with E-state index in [0.29, 0.717) is 29.6 Å². The van der Waals surface area contributed by atoms with Crippen molar-refractivity contribution in [2.24, 2.45) is 5.92 Å². The molecular weight excluding hydrogens is 404 g/mol. The number of aromatic amines is 1. The lowest BCUT2D eigenvalue weighted by Gasteiger charge is -2.24. The van der Waals surface area contributed by atoms with Crippen LogP contribution >= 0.6 is 11.6 Å². The van der Waals surface area contributed by atoms with E-state index in [0.717, 1.165) is 22.0 Å². The molecule has 0 atom stereocenters. The smallest absolute Gasteiger partial charge is 0.233 e. The summed E-state index contributed by atoms with van der Waals surface area (Å²) < 4.78 is 5.09. The molecule has 3 heterocycles. The number of ether oxygens (including phenoxy) is 1. The van der Waals surface area contributed by atoms with Crippen LogP contribution in [0.5, 0.6) is 0 Å². The molecule has 9 heteroatoms. The van der Waals surface area contributed by atoms with Gasteiger partial charge in [-0.3, -0.25) is 9.89 Å². The largest absolute Gasteiger partial charge is 0.381 e. The Bertz CT molecular complexity index is 1250. The van der Waals surface area contributed by atoms with Crippen LogP contribution in [0.1, 0.15) is 0 Å². The van der Waals surface area contributed by atoms with E-state index in [9.17, 15) is 4.79 Å². The molecule has 8 nitrogen and oxygen atoms in total. The molecule has 2 aromatic heterocycles. The van der Waals surface area contributed by atoms with Gasteiger partial charge in [-0.2, -0.15) is 5.10 Å². The number of benzene rings is 2. The molecule has 4 aromatic rings. The van der Waals surface area contributed by atoms with Crippen LogP contribution in [0.3, 0.4) is 0 Å². The quantitative estimate of drug-likeness (QED) is 0.465. The first-order chi connectivity index (χ1) is 14.6. The third-order valence-electron chi connectivity index (χ3n) is 4.99. The van der Waals surface area contributed by atoms with E-state index < -0.39 is 0 Å². The Hall–Kier alpha value is -3.49. The fourth-order valence-corrected chi connectivity index (χ4v) is 3.56. The summed E-state index contributed by atoms with van der Waals surface area (Å²) >= 11 is 6.45. The number of nitrogens with one attached hydrogen (secondary N) is 2. The van der Waals surface area contributed by atoms with Gasteiger partial charge in [-0.1, -0.05) is 41.9 Å². The van der Waals surface area contributed by atoms with Crippen molar-refractivity contribution in [3.05, 3.63) is 53.7 Å². The number of hydrogen-bond acceptors (Lipinski definition) is 6. The molecule has 0 radical (unpaired) electrons. The number of fused-ring (bicyclic) bond motifs is 1. The second-order valence-electron chi connectivity index (χ2n) is 7.04.